The lowest BCUT2D eigenvalue weighted by atomic mass is 10.1. The Morgan fingerprint density at radius 2 is 2.00 bits per heavy atom. The molecule has 0 bridgehead atoms. The first-order valence-electron chi connectivity index (χ1n) is 9.42. The summed E-state index contributed by atoms with van der Waals surface area (Å²) in [7, 11) is 1.94. The molecule has 0 radical (unpaired) electrons. The molecular weight excluding hydrogens is 328 g/mol. The maximum Gasteiger partial charge on any atom is 0.254 e. The van der Waals surface area contributed by atoms with Crippen LogP contribution in [0.1, 0.15) is 29.6 Å². The molecule has 138 valence electrons. The lowest BCUT2D eigenvalue weighted by molar-refractivity contribution is 0.0702. The van der Waals surface area contributed by atoms with E-state index in [1.54, 1.807) is 11.1 Å². The highest BCUT2D eigenvalue weighted by atomic mass is 16.3. The van der Waals surface area contributed by atoms with Crippen LogP contribution < -0.4 is 0 Å². The minimum absolute atomic E-state index is 0.0142. The SMILES string of the molecule is Cn1ccnc1-c1cccc(C(=O)N2CC(O)C(N3CCCCC3)C2)c1. The summed E-state index contributed by atoms with van der Waals surface area (Å²) in [5, 5.41) is 10.5. The van der Waals surface area contributed by atoms with Crippen LogP contribution in [-0.4, -0.2) is 68.7 Å². The molecule has 2 unspecified atom stereocenters. The molecule has 1 N–H and O–H groups in total. The van der Waals surface area contributed by atoms with Gasteiger partial charge < -0.3 is 14.6 Å². The van der Waals surface area contributed by atoms with Gasteiger partial charge in [-0.3, -0.25) is 9.69 Å². The molecule has 0 aliphatic carbocycles. The van der Waals surface area contributed by atoms with Crippen LogP contribution in [0.2, 0.25) is 0 Å². The number of aliphatic hydroxyl groups is 1. The smallest absolute Gasteiger partial charge is 0.254 e. The predicted molar refractivity (Wildman–Crippen MR) is 99.8 cm³/mol. The molecule has 2 fully saturated rings. The Balaban J connectivity index is 1.50. The Bertz CT molecular complexity index is 782. The third-order valence-electron chi connectivity index (χ3n) is 5.59. The molecule has 1 aromatic carbocycles. The summed E-state index contributed by atoms with van der Waals surface area (Å²) in [6.45, 7) is 3.07. The van der Waals surface area contributed by atoms with Crippen molar-refractivity contribution in [2.24, 2.45) is 7.05 Å². The van der Waals surface area contributed by atoms with Crippen molar-refractivity contribution >= 4 is 5.91 Å². The number of β-amino-alcohol motifs (C(OH)–C–C–N with tert-alkyl or cyclic N) is 1. The van der Waals surface area contributed by atoms with Crippen molar-refractivity contribution in [3.8, 4) is 11.4 Å². The van der Waals surface area contributed by atoms with Crippen LogP contribution in [0, 0.1) is 0 Å². The van der Waals surface area contributed by atoms with Gasteiger partial charge in [0.15, 0.2) is 0 Å². The fourth-order valence-corrected chi connectivity index (χ4v) is 4.16. The Morgan fingerprint density at radius 3 is 2.73 bits per heavy atom. The van der Waals surface area contributed by atoms with Gasteiger partial charge in [-0.2, -0.15) is 0 Å². The van der Waals surface area contributed by atoms with E-state index in [4.69, 9.17) is 0 Å². The van der Waals surface area contributed by atoms with Crippen molar-refractivity contribution in [2.75, 3.05) is 26.2 Å². The number of likely N-dealkylation sites (tertiary alicyclic amines) is 2. The van der Waals surface area contributed by atoms with Crippen LogP contribution in [0.4, 0.5) is 0 Å². The molecule has 26 heavy (non-hydrogen) atoms. The van der Waals surface area contributed by atoms with Gasteiger partial charge in [-0.15, -0.1) is 0 Å². The Morgan fingerprint density at radius 1 is 1.19 bits per heavy atom. The standard InChI is InChI=1S/C20H26N4O2/c1-22-11-8-21-19(22)15-6-5-7-16(12-15)20(26)24-13-17(18(25)14-24)23-9-3-2-4-10-23/h5-8,11-12,17-18,25H,2-4,9-10,13-14H2,1H3. The van der Waals surface area contributed by atoms with Gasteiger partial charge in [0.05, 0.1) is 12.1 Å². The van der Waals surface area contributed by atoms with Crippen LogP contribution in [0.25, 0.3) is 11.4 Å². The summed E-state index contributed by atoms with van der Waals surface area (Å²) in [6.07, 6.45) is 6.82. The number of piperidine rings is 1. The number of benzene rings is 1. The Labute approximate surface area is 154 Å². The minimum Gasteiger partial charge on any atom is -0.390 e. The topological polar surface area (TPSA) is 61.6 Å². The van der Waals surface area contributed by atoms with Crippen molar-refractivity contribution in [2.45, 2.75) is 31.4 Å². The summed E-state index contributed by atoms with van der Waals surface area (Å²) in [5.74, 6) is 0.826. The van der Waals surface area contributed by atoms with Crippen LogP contribution in [0.15, 0.2) is 36.7 Å². The molecule has 6 nitrogen and oxygen atoms in total. The van der Waals surface area contributed by atoms with Gasteiger partial charge in [-0.05, 0) is 38.1 Å². The molecular formula is C20H26N4O2. The minimum atomic E-state index is -0.463. The summed E-state index contributed by atoms with van der Waals surface area (Å²) in [6, 6.07) is 7.66. The van der Waals surface area contributed by atoms with Gasteiger partial charge in [0.2, 0.25) is 0 Å². The van der Waals surface area contributed by atoms with Crippen LogP contribution in [0.5, 0.6) is 0 Å². The number of carbonyl (C=O) groups excluding carboxylic acids is 1. The molecule has 2 saturated heterocycles. The quantitative estimate of drug-likeness (QED) is 0.912. The third kappa shape index (κ3) is 3.27. The number of imidazole rings is 1. The van der Waals surface area contributed by atoms with E-state index in [9.17, 15) is 9.90 Å². The van der Waals surface area contributed by atoms with E-state index >= 15 is 0 Å². The van der Waals surface area contributed by atoms with E-state index in [2.05, 4.69) is 9.88 Å². The van der Waals surface area contributed by atoms with Gasteiger partial charge in [-0.25, -0.2) is 4.98 Å². The average Bonchev–Trinajstić information content (AvgIpc) is 3.27. The second-order valence-electron chi connectivity index (χ2n) is 7.38. The molecule has 0 saturated carbocycles. The van der Waals surface area contributed by atoms with E-state index in [1.807, 2.05) is 42.1 Å². The molecule has 4 rings (SSSR count). The number of hydrogen-bond donors (Lipinski definition) is 1. The van der Waals surface area contributed by atoms with Crippen LogP contribution >= 0.6 is 0 Å². The largest absolute Gasteiger partial charge is 0.390 e. The summed E-state index contributed by atoms with van der Waals surface area (Å²) in [4.78, 5) is 21.5. The van der Waals surface area contributed by atoms with Crippen LogP contribution in [0.3, 0.4) is 0 Å². The Kier molecular flexibility index (Phi) is 4.78. The van der Waals surface area contributed by atoms with E-state index in [0.717, 1.165) is 24.5 Å². The van der Waals surface area contributed by atoms with Gasteiger partial charge in [0.1, 0.15) is 5.82 Å². The first kappa shape index (κ1) is 17.2. The number of aliphatic hydroxyl groups excluding tert-OH is 1. The van der Waals surface area contributed by atoms with E-state index in [0.29, 0.717) is 18.7 Å². The Hall–Kier alpha value is -2.18. The highest BCUT2D eigenvalue weighted by Crippen LogP contribution is 2.24. The molecule has 0 spiro atoms. The van der Waals surface area contributed by atoms with Gasteiger partial charge in [0, 0.05) is 43.7 Å². The van der Waals surface area contributed by atoms with Crippen molar-refractivity contribution in [3.05, 3.63) is 42.2 Å². The summed E-state index contributed by atoms with van der Waals surface area (Å²) >= 11 is 0. The fourth-order valence-electron chi connectivity index (χ4n) is 4.16. The second-order valence-corrected chi connectivity index (χ2v) is 7.38. The van der Waals surface area contributed by atoms with E-state index < -0.39 is 6.10 Å². The number of aromatic nitrogens is 2. The van der Waals surface area contributed by atoms with E-state index in [-0.39, 0.29) is 11.9 Å². The average molecular weight is 354 g/mol. The lowest BCUT2D eigenvalue weighted by Crippen LogP contribution is -2.46. The van der Waals surface area contributed by atoms with Crippen molar-refractivity contribution in [1.82, 2.24) is 19.4 Å². The molecule has 2 atom stereocenters. The molecule has 6 heteroatoms. The van der Waals surface area contributed by atoms with E-state index in [1.165, 1.54) is 19.3 Å². The molecule has 1 amide bonds. The van der Waals surface area contributed by atoms with Crippen molar-refractivity contribution in [1.29, 1.82) is 0 Å². The molecule has 2 aliphatic heterocycles. The number of carbonyl (C=O) groups is 1. The van der Waals surface area contributed by atoms with Gasteiger partial charge in [0.25, 0.3) is 5.91 Å². The molecule has 3 heterocycles. The van der Waals surface area contributed by atoms with Crippen molar-refractivity contribution < 1.29 is 9.90 Å². The fraction of sp³-hybridized carbons (Fsp3) is 0.500. The summed E-state index contributed by atoms with van der Waals surface area (Å²) in [5.41, 5.74) is 1.58. The number of amides is 1. The van der Waals surface area contributed by atoms with Gasteiger partial charge >= 0.3 is 0 Å². The monoisotopic (exact) mass is 354 g/mol. The second kappa shape index (κ2) is 7.21. The zero-order valence-corrected chi connectivity index (χ0v) is 15.2. The van der Waals surface area contributed by atoms with Crippen LogP contribution in [-0.2, 0) is 7.05 Å². The highest BCUT2D eigenvalue weighted by molar-refractivity contribution is 5.95. The van der Waals surface area contributed by atoms with Gasteiger partial charge in [-0.1, -0.05) is 18.6 Å². The zero-order chi connectivity index (χ0) is 18.1. The molecule has 1 aromatic heterocycles. The zero-order valence-electron chi connectivity index (χ0n) is 15.2. The van der Waals surface area contributed by atoms with Crippen molar-refractivity contribution in [3.63, 3.8) is 0 Å². The maximum atomic E-state index is 13.0. The first-order valence-corrected chi connectivity index (χ1v) is 9.42. The first-order chi connectivity index (χ1) is 12.6. The molecule has 2 aromatic rings. The third-order valence-corrected chi connectivity index (χ3v) is 5.59. The number of hydrogen-bond acceptors (Lipinski definition) is 4. The number of nitrogens with zero attached hydrogens (tertiary/aromatic N) is 4. The highest BCUT2D eigenvalue weighted by Gasteiger charge is 2.38. The maximum absolute atomic E-state index is 13.0. The predicted octanol–water partition coefficient (Wildman–Crippen LogP) is 1.76. The normalized spacial score (nSPS) is 24.2. The number of rotatable bonds is 3. The summed E-state index contributed by atoms with van der Waals surface area (Å²) < 4.78 is 1.94. The lowest BCUT2D eigenvalue weighted by Gasteiger charge is -2.33. The number of aryl methyl sites for hydroxylation is 1. The molecule has 2 aliphatic rings.